The van der Waals surface area contributed by atoms with Gasteiger partial charge >= 0.3 is 6.18 Å². The van der Waals surface area contributed by atoms with Gasteiger partial charge in [0.25, 0.3) is 5.91 Å². The normalized spacial score (nSPS) is 12.0. The van der Waals surface area contributed by atoms with Crippen molar-refractivity contribution in [2.75, 3.05) is 5.32 Å². The molecule has 3 heterocycles. The van der Waals surface area contributed by atoms with Crippen LogP contribution in [0.5, 0.6) is 0 Å². The number of anilines is 1. The molecule has 0 atom stereocenters. The minimum absolute atomic E-state index is 0.165. The highest BCUT2D eigenvalue weighted by molar-refractivity contribution is 6.04. The van der Waals surface area contributed by atoms with Gasteiger partial charge in [0.1, 0.15) is 11.3 Å². The van der Waals surface area contributed by atoms with Crippen molar-refractivity contribution in [2.24, 2.45) is 0 Å². The minimum Gasteiger partial charge on any atom is -0.334 e. The Balaban J connectivity index is 1.63. The maximum Gasteiger partial charge on any atom is 0.449 e. The summed E-state index contributed by atoms with van der Waals surface area (Å²) >= 11 is 0. The van der Waals surface area contributed by atoms with E-state index in [2.05, 4.69) is 20.3 Å². The summed E-state index contributed by atoms with van der Waals surface area (Å²) in [5.41, 5.74) is 2.48. The Hall–Kier alpha value is -3.36. The third-order valence-corrected chi connectivity index (χ3v) is 3.92. The molecule has 0 aliphatic rings. The van der Waals surface area contributed by atoms with Crippen LogP contribution in [-0.2, 0) is 6.18 Å². The van der Waals surface area contributed by atoms with Gasteiger partial charge in [-0.3, -0.25) is 4.79 Å². The summed E-state index contributed by atoms with van der Waals surface area (Å²) in [6.07, 6.45) is -1.19. The van der Waals surface area contributed by atoms with E-state index in [0.717, 1.165) is 5.56 Å². The summed E-state index contributed by atoms with van der Waals surface area (Å²) in [7, 11) is 0. The van der Waals surface area contributed by atoms with E-state index in [1.54, 1.807) is 16.8 Å². The third-order valence-electron chi connectivity index (χ3n) is 3.92. The number of fused-ring (bicyclic) bond motifs is 2. The van der Waals surface area contributed by atoms with E-state index in [-0.39, 0.29) is 16.7 Å². The van der Waals surface area contributed by atoms with Crippen LogP contribution in [0.3, 0.4) is 0 Å². The van der Waals surface area contributed by atoms with Crippen molar-refractivity contribution in [1.29, 1.82) is 0 Å². The number of rotatable bonds is 2. The summed E-state index contributed by atoms with van der Waals surface area (Å²) in [5, 5.41) is 2.63. The van der Waals surface area contributed by atoms with E-state index in [1.165, 1.54) is 18.2 Å². The largest absolute Gasteiger partial charge is 0.449 e. The number of benzene rings is 1. The summed E-state index contributed by atoms with van der Waals surface area (Å²) in [5.74, 6) is -1.53. The molecule has 1 aromatic carbocycles. The van der Waals surface area contributed by atoms with Gasteiger partial charge in [-0.25, -0.2) is 9.97 Å². The molecule has 0 radical (unpaired) electrons. The number of amides is 1. The molecular weight excluding hydrogens is 347 g/mol. The predicted octanol–water partition coefficient (Wildman–Crippen LogP) is 3.79. The van der Waals surface area contributed by atoms with Crippen LogP contribution in [0.15, 0.2) is 42.7 Å². The molecule has 3 aromatic heterocycles. The molecule has 4 aromatic rings. The number of carbonyl (C=O) groups is 1. The van der Waals surface area contributed by atoms with Crippen LogP contribution in [0.2, 0.25) is 0 Å². The molecule has 26 heavy (non-hydrogen) atoms. The highest BCUT2D eigenvalue weighted by atomic mass is 19.4. The number of halogens is 3. The maximum absolute atomic E-state index is 12.7. The Kier molecular flexibility index (Phi) is 3.46. The highest BCUT2D eigenvalue weighted by Crippen LogP contribution is 2.29. The number of hydrogen-bond donors (Lipinski definition) is 2. The standard InChI is InChI=1S/C17H12F3N5O/c1-9-3-2-6-25-8-13(22-14(9)25)15(26)21-10-4-5-11-12(7-10)24-16(23-11)17(18,19)20/h2-8H,1H3,(H,21,26)(H,23,24). The summed E-state index contributed by atoms with van der Waals surface area (Å²) in [6.45, 7) is 1.88. The van der Waals surface area contributed by atoms with Crippen LogP contribution < -0.4 is 5.32 Å². The fourth-order valence-electron chi connectivity index (χ4n) is 2.68. The molecule has 1 amide bonds. The van der Waals surface area contributed by atoms with Gasteiger partial charge in [0.15, 0.2) is 0 Å². The number of pyridine rings is 1. The molecule has 132 valence electrons. The first kappa shape index (κ1) is 16.1. The number of aryl methyl sites for hydroxylation is 1. The lowest BCUT2D eigenvalue weighted by atomic mass is 10.2. The summed E-state index contributed by atoms with van der Waals surface area (Å²) in [4.78, 5) is 22.4. The molecule has 6 nitrogen and oxygen atoms in total. The van der Waals surface area contributed by atoms with Gasteiger partial charge in [0.2, 0.25) is 5.82 Å². The second-order valence-electron chi connectivity index (χ2n) is 5.82. The number of aromatic nitrogens is 4. The van der Waals surface area contributed by atoms with E-state index in [9.17, 15) is 18.0 Å². The van der Waals surface area contributed by atoms with Crippen LogP contribution in [0.25, 0.3) is 16.7 Å². The number of alkyl halides is 3. The Bertz CT molecular complexity index is 1140. The number of nitrogens with zero attached hydrogens (tertiary/aromatic N) is 3. The number of H-pyrrole nitrogens is 1. The van der Waals surface area contributed by atoms with Gasteiger partial charge in [-0.05, 0) is 36.8 Å². The lowest BCUT2D eigenvalue weighted by molar-refractivity contribution is -0.144. The van der Waals surface area contributed by atoms with Gasteiger partial charge in [0, 0.05) is 18.1 Å². The smallest absolute Gasteiger partial charge is 0.334 e. The fraction of sp³-hybridized carbons (Fsp3) is 0.118. The molecule has 0 saturated heterocycles. The minimum atomic E-state index is -4.56. The molecule has 9 heteroatoms. The molecule has 0 bridgehead atoms. The monoisotopic (exact) mass is 359 g/mol. The van der Waals surface area contributed by atoms with Crippen LogP contribution in [0.1, 0.15) is 21.9 Å². The number of nitrogens with one attached hydrogen (secondary N) is 2. The second kappa shape index (κ2) is 5.58. The molecule has 0 spiro atoms. The van der Waals surface area contributed by atoms with E-state index in [0.29, 0.717) is 11.3 Å². The van der Waals surface area contributed by atoms with Crippen molar-refractivity contribution in [2.45, 2.75) is 13.1 Å². The first-order chi connectivity index (χ1) is 12.3. The molecule has 4 rings (SSSR count). The summed E-state index contributed by atoms with van der Waals surface area (Å²) < 4.78 is 39.9. The lowest BCUT2D eigenvalue weighted by Crippen LogP contribution is -2.12. The third kappa shape index (κ3) is 2.77. The first-order valence-electron chi connectivity index (χ1n) is 7.64. The van der Waals surface area contributed by atoms with Crippen LogP contribution in [0, 0.1) is 6.92 Å². The van der Waals surface area contributed by atoms with E-state index in [4.69, 9.17) is 0 Å². The molecule has 0 fully saturated rings. The zero-order chi connectivity index (χ0) is 18.5. The predicted molar refractivity (Wildman–Crippen MR) is 89.0 cm³/mol. The highest BCUT2D eigenvalue weighted by Gasteiger charge is 2.34. The van der Waals surface area contributed by atoms with Crippen molar-refractivity contribution in [3.05, 3.63) is 59.8 Å². The van der Waals surface area contributed by atoms with Crippen molar-refractivity contribution in [3.8, 4) is 0 Å². The van der Waals surface area contributed by atoms with Gasteiger partial charge in [-0.1, -0.05) is 6.07 Å². The Morgan fingerprint density at radius 1 is 1.23 bits per heavy atom. The van der Waals surface area contributed by atoms with Crippen LogP contribution in [-0.4, -0.2) is 25.3 Å². The zero-order valence-corrected chi connectivity index (χ0v) is 13.4. The average molecular weight is 359 g/mol. The van der Waals surface area contributed by atoms with Crippen LogP contribution in [0.4, 0.5) is 18.9 Å². The Morgan fingerprint density at radius 2 is 2.04 bits per heavy atom. The maximum atomic E-state index is 12.7. The Labute approximate surface area is 144 Å². The van der Waals surface area contributed by atoms with Crippen molar-refractivity contribution < 1.29 is 18.0 Å². The number of aromatic amines is 1. The molecule has 0 aliphatic heterocycles. The van der Waals surface area contributed by atoms with Crippen molar-refractivity contribution >= 4 is 28.3 Å². The van der Waals surface area contributed by atoms with E-state index < -0.39 is 17.9 Å². The molecule has 2 N–H and O–H groups in total. The van der Waals surface area contributed by atoms with Gasteiger partial charge in [0.05, 0.1) is 11.0 Å². The van der Waals surface area contributed by atoms with Gasteiger partial charge in [-0.15, -0.1) is 0 Å². The van der Waals surface area contributed by atoms with E-state index >= 15 is 0 Å². The quantitative estimate of drug-likeness (QED) is 0.572. The molecule has 0 aliphatic carbocycles. The fourth-order valence-corrected chi connectivity index (χ4v) is 2.68. The van der Waals surface area contributed by atoms with Gasteiger partial charge < -0.3 is 14.7 Å². The van der Waals surface area contributed by atoms with E-state index in [1.807, 2.05) is 19.1 Å². The zero-order valence-electron chi connectivity index (χ0n) is 13.4. The molecular formula is C17H12F3N5O. The number of hydrogen-bond acceptors (Lipinski definition) is 3. The summed E-state index contributed by atoms with van der Waals surface area (Å²) in [6, 6.07) is 8.02. The SMILES string of the molecule is Cc1cccn2cc(C(=O)Nc3ccc4nc(C(F)(F)F)[nH]c4c3)nc12. The molecule has 0 unspecified atom stereocenters. The second-order valence-corrected chi connectivity index (χ2v) is 5.82. The lowest BCUT2D eigenvalue weighted by Gasteiger charge is -2.02. The van der Waals surface area contributed by atoms with Crippen molar-refractivity contribution in [1.82, 2.24) is 19.4 Å². The van der Waals surface area contributed by atoms with Gasteiger partial charge in [-0.2, -0.15) is 13.2 Å². The average Bonchev–Trinajstić information content (AvgIpc) is 3.18. The van der Waals surface area contributed by atoms with Crippen LogP contribution >= 0.6 is 0 Å². The number of imidazole rings is 2. The first-order valence-corrected chi connectivity index (χ1v) is 7.64. The molecule has 0 saturated carbocycles. The topological polar surface area (TPSA) is 75.1 Å². The van der Waals surface area contributed by atoms with Crippen molar-refractivity contribution in [3.63, 3.8) is 0 Å². The number of carbonyl (C=O) groups excluding carboxylic acids is 1. The Morgan fingerprint density at radius 3 is 2.77 bits per heavy atom.